The molecule has 4 aliphatic rings. The predicted molar refractivity (Wildman–Crippen MR) is 179 cm³/mol. The fourth-order valence-corrected chi connectivity index (χ4v) is 10.1. The summed E-state index contributed by atoms with van der Waals surface area (Å²) in [5, 5.41) is 10.5. The monoisotopic (exact) mass is 641 g/mol. The highest BCUT2D eigenvalue weighted by atomic mass is 32.2. The van der Waals surface area contributed by atoms with E-state index in [1.807, 2.05) is 0 Å². The lowest BCUT2D eigenvalue weighted by atomic mass is 9.49. The van der Waals surface area contributed by atoms with Gasteiger partial charge in [-0.3, -0.25) is 9.59 Å². The molecule has 2 atom stereocenters. The molecule has 4 aliphatic carbocycles. The highest BCUT2D eigenvalue weighted by molar-refractivity contribution is 7.97. The highest BCUT2D eigenvalue weighted by Crippen LogP contribution is 2.59. The number of benzene rings is 3. The summed E-state index contributed by atoms with van der Waals surface area (Å²) in [7, 11) is 0.616. The van der Waals surface area contributed by atoms with E-state index in [0.29, 0.717) is 29.4 Å². The first kappa shape index (κ1) is 32.4. The molecular weight excluding hydrogens is 596 g/mol. The van der Waals surface area contributed by atoms with Crippen LogP contribution < -0.4 is 9.47 Å². The number of carboxylic acids is 1. The third kappa shape index (κ3) is 5.87. The van der Waals surface area contributed by atoms with Crippen molar-refractivity contribution in [3.05, 3.63) is 77.4 Å². The third-order valence-corrected chi connectivity index (χ3v) is 12.5. The maximum absolute atomic E-state index is 14.0. The zero-order valence-electron chi connectivity index (χ0n) is 27.9. The third-order valence-electron chi connectivity index (χ3n) is 10.3. The number of hydrogen-bond acceptors (Lipinski definition) is 5. The molecule has 4 bridgehead atoms. The lowest BCUT2D eigenvalue weighted by Crippen LogP contribution is -2.55. The quantitative estimate of drug-likeness (QED) is 0.158. The topological polar surface area (TPSA) is 89.9 Å². The van der Waals surface area contributed by atoms with Crippen molar-refractivity contribution in [3.8, 4) is 11.5 Å². The number of methoxy groups -OCH3 is 1. The Balaban J connectivity index is 1.46. The van der Waals surface area contributed by atoms with Gasteiger partial charge >= 0.3 is 11.9 Å². The maximum atomic E-state index is 14.0. The number of aromatic carboxylic acids is 1. The Hall–Kier alpha value is -3.58. The molecule has 0 aromatic heterocycles. The van der Waals surface area contributed by atoms with Crippen molar-refractivity contribution < 1.29 is 29.0 Å². The van der Waals surface area contributed by atoms with E-state index in [0.717, 1.165) is 29.1 Å². The summed E-state index contributed by atoms with van der Waals surface area (Å²) in [5.41, 5.74) is 1.69. The van der Waals surface area contributed by atoms with Crippen molar-refractivity contribution >= 4 is 28.6 Å². The molecule has 3 aromatic rings. The summed E-state index contributed by atoms with van der Waals surface area (Å²) in [4.78, 5) is 42.1. The van der Waals surface area contributed by atoms with Gasteiger partial charge in [0.25, 0.3) is 0 Å². The first-order valence-electron chi connectivity index (χ1n) is 16.3. The number of Topliss-reactive ketones (excluding diaryl/α,β-unsaturated/α-hetero) is 1. The Morgan fingerprint density at radius 3 is 1.72 bits per heavy atom. The van der Waals surface area contributed by atoms with Crippen molar-refractivity contribution in [2.24, 2.45) is 23.2 Å². The fourth-order valence-electron chi connectivity index (χ4n) is 7.89. The van der Waals surface area contributed by atoms with Gasteiger partial charge in [-0.1, -0.05) is 65.8 Å². The Kier molecular flexibility index (Phi) is 8.15. The van der Waals surface area contributed by atoms with Crippen LogP contribution in [0.3, 0.4) is 0 Å². The van der Waals surface area contributed by atoms with E-state index >= 15 is 0 Å². The van der Waals surface area contributed by atoms with Gasteiger partial charge in [-0.2, -0.15) is 0 Å². The average molecular weight is 642 g/mol. The van der Waals surface area contributed by atoms with Crippen molar-refractivity contribution in [1.29, 1.82) is 0 Å². The zero-order valence-corrected chi connectivity index (χ0v) is 28.8. The Morgan fingerprint density at radius 2 is 1.28 bits per heavy atom. The SMILES string of the molecule is COc1cc(C(=O)O)c([S+](c2ccc(C(C)(C)C)cc2)c2ccc(C(C)(C)C)cc2)cc1OC(=O)C12CC3CC(C1)C(=O)C(C3)C2. The Morgan fingerprint density at radius 1 is 0.783 bits per heavy atom. The minimum Gasteiger partial charge on any atom is -0.493 e. The number of carboxylic acid groups (broad SMARTS) is 1. The van der Waals surface area contributed by atoms with E-state index in [4.69, 9.17) is 9.47 Å². The summed E-state index contributed by atoms with van der Waals surface area (Å²) in [6.45, 7) is 13.0. The van der Waals surface area contributed by atoms with E-state index in [2.05, 4.69) is 90.1 Å². The van der Waals surface area contributed by atoms with Gasteiger partial charge in [0.15, 0.2) is 26.2 Å². The van der Waals surface area contributed by atoms with Gasteiger partial charge in [0.1, 0.15) is 22.2 Å². The van der Waals surface area contributed by atoms with Crippen molar-refractivity contribution in [2.75, 3.05) is 7.11 Å². The second-order valence-corrected chi connectivity index (χ2v) is 17.6. The molecule has 2 unspecified atom stereocenters. The van der Waals surface area contributed by atoms with E-state index in [1.165, 1.54) is 24.3 Å². The summed E-state index contributed by atoms with van der Waals surface area (Å²) in [6, 6.07) is 19.9. The van der Waals surface area contributed by atoms with Crippen LogP contribution in [0.4, 0.5) is 0 Å². The number of hydrogen-bond donors (Lipinski definition) is 1. The molecule has 3 aromatic carbocycles. The second kappa shape index (κ2) is 11.6. The molecule has 0 radical (unpaired) electrons. The van der Waals surface area contributed by atoms with Gasteiger partial charge in [0.2, 0.25) is 0 Å². The summed E-state index contributed by atoms with van der Waals surface area (Å²) >= 11 is 0. The summed E-state index contributed by atoms with van der Waals surface area (Å²) in [5.74, 6) is -0.463. The van der Waals surface area contributed by atoms with Crippen molar-refractivity contribution in [2.45, 2.75) is 99.2 Å². The molecule has 4 saturated carbocycles. The van der Waals surface area contributed by atoms with Gasteiger partial charge in [-0.05, 0) is 84.2 Å². The average Bonchev–Trinajstić information content (AvgIpc) is 2.99. The molecule has 0 spiro atoms. The van der Waals surface area contributed by atoms with Crippen LogP contribution in [0.15, 0.2) is 75.4 Å². The van der Waals surface area contributed by atoms with Gasteiger partial charge in [0, 0.05) is 24.0 Å². The molecule has 0 amide bonds. The zero-order chi connectivity index (χ0) is 33.2. The minimum absolute atomic E-state index is 0.0406. The Bertz CT molecular complexity index is 1600. The fraction of sp³-hybridized carbons (Fsp3) is 0.462. The molecule has 7 rings (SSSR count). The number of carbonyl (C=O) groups is 3. The van der Waals surface area contributed by atoms with E-state index in [9.17, 15) is 19.5 Å². The lowest BCUT2D eigenvalue weighted by Gasteiger charge is -2.53. The molecule has 242 valence electrons. The van der Waals surface area contributed by atoms with Crippen LogP contribution in [0.5, 0.6) is 11.5 Å². The largest absolute Gasteiger partial charge is 0.493 e. The van der Waals surface area contributed by atoms with Crippen molar-refractivity contribution in [1.82, 2.24) is 0 Å². The molecule has 1 N–H and O–H groups in total. The molecule has 6 nitrogen and oxygen atoms in total. The van der Waals surface area contributed by atoms with Crippen LogP contribution in [0.2, 0.25) is 0 Å². The second-order valence-electron chi connectivity index (χ2n) is 15.6. The van der Waals surface area contributed by atoms with Crippen molar-refractivity contribution in [3.63, 3.8) is 0 Å². The number of rotatable bonds is 7. The number of ether oxygens (including phenoxy) is 2. The van der Waals surface area contributed by atoms with Crippen LogP contribution in [-0.2, 0) is 31.3 Å². The highest BCUT2D eigenvalue weighted by Gasteiger charge is 2.59. The summed E-state index contributed by atoms with van der Waals surface area (Å²) < 4.78 is 11.9. The molecule has 0 heterocycles. The van der Waals surface area contributed by atoms with Gasteiger partial charge in [-0.25, -0.2) is 4.79 Å². The molecule has 4 fully saturated rings. The van der Waals surface area contributed by atoms with Crippen LogP contribution in [-0.4, -0.2) is 29.9 Å². The van der Waals surface area contributed by atoms with E-state index in [1.54, 1.807) is 6.07 Å². The summed E-state index contributed by atoms with van der Waals surface area (Å²) in [6.07, 6.45) is 3.54. The number of carbonyl (C=O) groups excluding carboxylic acids is 2. The first-order chi connectivity index (χ1) is 21.6. The maximum Gasteiger partial charge on any atom is 0.341 e. The van der Waals surface area contributed by atoms with Gasteiger partial charge < -0.3 is 14.6 Å². The lowest BCUT2D eigenvalue weighted by molar-refractivity contribution is -0.167. The van der Waals surface area contributed by atoms with Crippen LogP contribution >= 0.6 is 0 Å². The predicted octanol–water partition coefficient (Wildman–Crippen LogP) is 8.38. The number of esters is 1. The Labute approximate surface area is 275 Å². The van der Waals surface area contributed by atoms with Gasteiger partial charge in [-0.15, -0.1) is 0 Å². The first-order valence-corrected chi connectivity index (χ1v) is 17.5. The molecule has 46 heavy (non-hydrogen) atoms. The van der Waals surface area contributed by atoms with Crippen LogP contribution in [0.25, 0.3) is 0 Å². The standard InChI is InChI=1S/C39H44O6S/c1-37(2,3)26-8-12-28(13-9-26)46(29-14-10-27(11-15-29)38(4,5)6)33-19-32(31(44-7)18-30(33)35(41)42)45-36(43)39-20-23-16-24(21-39)34(40)25(17-23)22-39/h8-15,18-19,23-25H,16-17,20-22H2,1-7H3/p+1. The van der Waals surface area contributed by atoms with Gasteiger partial charge in [0.05, 0.1) is 12.5 Å². The van der Waals surface area contributed by atoms with Crippen LogP contribution in [0.1, 0.15) is 95.1 Å². The van der Waals surface area contributed by atoms with E-state index in [-0.39, 0.29) is 45.7 Å². The molecule has 7 heteroatoms. The molecule has 0 saturated heterocycles. The number of ketones is 1. The molecule has 0 aliphatic heterocycles. The van der Waals surface area contributed by atoms with Crippen LogP contribution in [0, 0.1) is 23.2 Å². The minimum atomic E-state index is -1.08. The smallest absolute Gasteiger partial charge is 0.341 e. The molecular formula is C39H45O6S+. The van der Waals surface area contributed by atoms with E-state index < -0.39 is 22.3 Å². The normalized spacial score (nSPS) is 23.9.